The summed E-state index contributed by atoms with van der Waals surface area (Å²) in [4.78, 5) is 11.9. The number of rotatable bonds is 6. The van der Waals surface area contributed by atoms with E-state index < -0.39 is 0 Å². The summed E-state index contributed by atoms with van der Waals surface area (Å²) in [5.74, 6) is 3.14. The first-order chi connectivity index (χ1) is 12.9. The van der Waals surface area contributed by atoms with E-state index in [9.17, 15) is 5.11 Å². The van der Waals surface area contributed by atoms with Crippen LogP contribution in [0.4, 0.5) is 11.6 Å². The van der Waals surface area contributed by atoms with Gasteiger partial charge in [-0.25, -0.2) is 9.97 Å². The van der Waals surface area contributed by atoms with Gasteiger partial charge in [-0.05, 0) is 30.4 Å². The van der Waals surface area contributed by atoms with E-state index >= 15 is 0 Å². The van der Waals surface area contributed by atoms with Crippen LogP contribution in [0.2, 0.25) is 0 Å². The van der Waals surface area contributed by atoms with Gasteiger partial charge in [-0.3, -0.25) is 0 Å². The molecule has 2 aromatic rings. The lowest BCUT2D eigenvalue weighted by atomic mass is 9.95. The minimum absolute atomic E-state index is 0.0210. The van der Waals surface area contributed by atoms with Crippen molar-refractivity contribution in [3.63, 3.8) is 0 Å². The van der Waals surface area contributed by atoms with Crippen molar-refractivity contribution < 1.29 is 5.11 Å². The first-order valence-electron chi connectivity index (χ1n) is 9.98. The zero-order chi connectivity index (χ0) is 19.6. The highest BCUT2D eigenvalue weighted by Gasteiger charge is 2.25. The van der Waals surface area contributed by atoms with Gasteiger partial charge < -0.3 is 15.3 Å². The maximum atomic E-state index is 9.69. The highest BCUT2D eigenvalue weighted by molar-refractivity contribution is 5.53. The van der Waals surface area contributed by atoms with Gasteiger partial charge in [-0.15, -0.1) is 0 Å². The number of aliphatic hydroxyl groups excluding tert-OH is 1. The molecule has 1 aliphatic heterocycles. The SMILES string of the molecule is CC(C)c1nc(N[C@H](CO)C(C)C)cc(N2Cc3ccccc3C[C@H]2C)n1. The topological polar surface area (TPSA) is 61.3 Å². The van der Waals surface area contributed by atoms with Crippen molar-refractivity contribution >= 4 is 11.6 Å². The molecular weight excluding hydrogens is 336 g/mol. The lowest BCUT2D eigenvalue weighted by molar-refractivity contribution is 0.249. The quantitative estimate of drug-likeness (QED) is 0.807. The first kappa shape index (κ1) is 19.6. The average molecular weight is 369 g/mol. The van der Waals surface area contributed by atoms with Gasteiger partial charge in [0.1, 0.15) is 17.5 Å². The molecule has 0 spiro atoms. The van der Waals surface area contributed by atoms with Gasteiger partial charge in [0.15, 0.2) is 0 Å². The molecule has 0 aliphatic carbocycles. The Morgan fingerprint density at radius 3 is 2.48 bits per heavy atom. The smallest absolute Gasteiger partial charge is 0.135 e. The van der Waals surface area contributed by atoms with Crippen LogP contribution < -0.4 is 10.2 Å². The molecule has 1 aliphatic rings. The van der Waals surface area contributed by atoms with Crippen LogP contribution >= 0.6 is 0 Å². The molecule has 0 fully saturated rings. The second-order valence-electron chi connectivity index (χ2n) is 8.25. The number of benzene rings is 1. The summed E-state index contributed by atoms with van der Waals surface area (Å²) in [6.07, 6.45) is 1.02. The van der Waals surface area contributed by atoms with Crippen molar-refractivity contribution in [3.05, 3.63) is 47.3 Å². The highest BCUT2D eigenvalue weighted by Crippen LogP contribution is 2.29. The van der Waals surface area contributed by atoms with Crippen molar-refractivity contribution in [1.29, 1.82) is 0 Å². The van der Waals surface area contributed by atoms with Gasteiger partial charge in [-0.1, -0.05) is 52.0 Å². The molecule has 27 heavy (non-hydrogen) atoms. The average Bonchev–Trinajstić information content (AvgIpc) is 2.65. The van der Waals surface area contributed by atoms with Crippen LogP contribution in [0.25, 0.3) is 0 Å². The van der Waals surface area contributed by atoms with Gasteiger partial charge in [0, 0.05) is 24.6 Å². The van der Waals surface area contributed by atoms with Crippen molar-refractivity contribution in [2.75, 3.05) is 16.8 Å². The van der Waals surface area contributed by atoms with Crippen molar-refractivity contribution in [2.45, 2.75) is 65.6 Å². The Bertz CT molecular complexity index is 775. The van der Waals surface area contributed by atoms with Crippen LogP contribution in [0.1, 0.15) is 57.5 Å². The monoisotopic (exact) mass is 368 g/mol. The van der Waals surface area contributed by atoms with Crippen LogP contribution in [-0.2, 0) is 13.0 Å². The van der Waals surface area contributed by atoms with Crippen molar-refractivity contribution in [3.8, 4) is 0 Å². The fourth-order valence-corrected chi connectivity index (χ4v) is 3.53. The molecule has 2 atom stereocenters. The molecule has 0 amide bonds. The zero-order valence-corrected chi connectivity index (χ0v) is 17.1. The summed E-state index contributed by atoms with van der Waals surface area (Å²) in [7, 11) is 0. The molecule has 5 nitrogen and oxygen atoms in total. The predicted octanol–water partition coefficient (Wildman–Crippen LogP) is 3.98. The van der Waals surface area contributed by atoms with E-state index in [1.54, 1.807) is 0 Å². The van der Waals surface area contributed by atoms with Gasteiger partial charge in [0.05, 0.1) is 12.6 Å². The molecule has 5 heteroatoms. The Balaban J connectivity index is 1.95. The number of aliphatic hydroxyl groups is 1. The lowest BCUT2D eigenvalue weighted by Gasteiger charge is -2.36. The molecule has 0 bridgehead atoms. The van der Waals surface area contributed by atoms with Crippen LogP contribution in [-0.4, -0.2) is 33.8 Å². The molecular formula is C22H32N4O. The van der Waals surface area contributed by atoms with Crippen molar-refractivity contribution in [2.24, 2.45) is 5.92 Å². The molecule has 2 heterocycles. The summed E-state index contributed by atoms with van der Waals surface area (Å²) in [5, 5.41) is 13.1. The van der Waals surface area contributed by atoms with Gasteiger partial charge >= 0.3 is 0 Å². The fraction of sp³-hybridized carbons (Fsp3) is 0.545. The molecule has 0 saturated carbocycles. The summed E-state index contributed by atoms with van der Waals surface area (Å²) in [6, 6.07) is 11.0. The maximum absolute atomic E-state index is 9.69. The minimum Gasteiger partial charge on any atom is -0.394 e. The molecule has 0 unspecified atom stereocenters. The standard InChI is InChI=1S/C22H32N4O/c1-14(2)19(13-27)23-20-11-21(25-22(24-20)15(3)4)26-12-18-9-7-6-8-17(18)10-16(26)5/h6-9,11,14-16,19,27H,10,12-13H2,1-5H3,(H,23,24,25)/t16-,19-/m1/s1. The van der Waals surface area contributed by atoms with E-state index in [-0.39, 0.29) is 18.6 Å². The number of nitrogens with one attached hydrogen (secondary N) is 1. The maximum Gasteiger partial charge on any atom is 0.135 e. The van der Waals surface area contributed by atoms with E-state index in [4.69, 9.17) is 9.97 Å². The zero-order valence-electron chi connectivity index (χ0n) is 17.1. The minimum atomic E-state index is -0.0210. The number of fused-ring (bicyclic) bond motifs is 1. The first-order valence-corrected chi connectivity index (χ1v) is 9.98. The lowest BCUT2D eigenvalue weighted by Crippen LogP contribution is -2.39. The van der Waals surface area contributed by atoms with E-state index in [1.807, 2.05) is 6.07 Å². The molecule has 2 N–H and O–H groups in total. The third-order valence-corrected chi connectivity index (χ3v) is 5.38. The van der Waals surface area contributed by atoms with Gasteiger partial charge in [-0.2, -0.15) is 0 Å². The summed E-state index contributed by atoms with van der Waals surface area (Å²) < 4.78 is 0. The predicted molar refractivity (Wildman–Crippen MR) is 111 cm³/mol. The van der Waals surface area contributed by atoms with E-state index in [2.05, 4.69) is 69.1 Å². The largest absolute Gasteiger partial charge is 0.394 e. The Morgan fingerprint density at radius 2 is 1.85 bits per heavy atom. The molecule has 1 aromatic heterocycles. The number of hydrogen-bond acceptors (Lipinski definition) is 5. The number of hydrogen-bond donors (Lipinski definition) is 2. The van der Waals surface area contributed by atoms with Gasteiger partial charge in [0.2, 0.25) is 0 Å². The van der Waals surface area contributed by atoms with E-state index in [1.165, 1.54) is 11.1 Å². The number of nitrogens with zero attached hydrogens (tertiary/aromatic N) is 3. The van der Waals surface area contributed by atoms with E-state index in [0.717, 1.165) is 30.4 Å². The van der Waals surface area contributed by atoms with E-state index in [0.29, 0.717) is 12.0 Å². The summed E-state index contributed by atoms with van der Waals surface area (Å²) in [6.45, 7) is 11.6. The Hall–Kier alpha value is -2.14. The second-order valence-corrected chi connectivity index (χ2v) is 8.25. The Kier molecular flexibility index (Phi) is 6.00. The summed E-state index contributed by atoms with van der Waals surface area (Å²) in [5.41, 5.74) is 2.79. The Morgan fingerprint density at radius 1 is 1.15 bits per heavy atom. The molecule has 0 radical (unpaired) electrons. The third-order valence-electron chi connectivity index (χ3n) is 5.38. The van der Waals surface area contributed by atoms with Crippen LogP contribution in [0.5, 0.6) is 0 Å². The molecule has 1 aromatic carbocycles. The van der Waals surface area contributed by atoms with Crippen LogP contribution in [0.15, 0.2) is 30.3 Å². The highest BCUT2D eigenvalue weighted by atomic mass is 16.3. The molecule has 0 saturated heterocycles. The normalized spacial score (nSPS) is 17.9. The molecule has 3 rings (SSSR count). The number of aromatic nitrogens is 2. The second kappa shape index (κ2) is 8.26. The fourth-order valence-electron chi connectivity index (χ4n) is 3.53. The van der Waals surface area contributed by atoms with Crippen LogP contribution in [0, 0.1) is 5.92 Å². The third kappa shape index (κ3) is 4.41. The number of anilines is 2. The Labute approximate surface area is 162 Å². The van der Waals surface area contributed by atoms with Crippen LogP contribution in [0.3, 0.4) is 0 Å². The summed E-state index contributed by atoms with van der Waals surface area (Å²) >= 11 is 0. The van der Waals surface area contributed by atoms with Crippen molar-refractivity contribution in [1.82, 2.24) is 9.97 Å². The molecule has 146 valence electrons. The van der Waals surface area contributed by atoms with Gasteiger partial charge in [0.25, 0.3) is 0 Å².